The van der Waals surface area contributed by atoms with E-state index in [1.807, 2.05) is 12.1 Å². The van der Waals surface area contributed by atoms with Crippen molar-refractivity contribution in [2.24, 2.45) is 0 Å². The van der Waals surface area contributed by atoms with Gasteiger partial charge >= 0.3 is 0 Å². The van der Waals surface area contributed by atoms with Crippen molar-refractivity contribution < 1.29 is 0 Å². The highest BCUT2D eigenvalue weighted by Gasteiger charge is 2.34. The second-order valence-corrected chi connectivity index (χ2v) is 25.6. The molecule has 0 bridgehead atoms. The standard InChI is InChI=1S/C72H58N6S/c1-71(2,3)53-44-62-61-46-54(77-64-36-20-19-35-59(64)60-41-48(47-73)37-39-65(60)77)38-40-66(61)78(67(62)63(45-53)72(4,5)6)70-75-68(51-26-21-25-50(42-51)49-23-11-7-12-24-49)74-69(76-70)52-27-22-34-58(43-52)79(55-28-13-8-14-29-55,56-30-15-9-16-31-56)57-32-17-10-18-33-57/h7-46H,1-6H3. The molecule has 7 heteroatoms. The highest BCUT2D eigenvalue weighted by molar-refractivity contribution is 8.34. The number of nitrogens with zero attached hydrogens (tertiary/aromatic N) is 6. The number of rotatable bonds is 9. The van der Waals surface area contributed by atoms with Gasteiger partial charge in [-0.1, -0.05) is 181 Å². The van der Waals surface area contributed by atoms with E-state index in [2.05, 4.69) is 287 Å². The first kappa shape index (κ1) is 49.2. The third-order valence-electron chi connectivity index (χ3n) is 15.4. The van der Waals surface area contributed by atoms with Gasteiger partial charge in [0, 0.05) is 57.9 Å². The number of aromatic nitrogens is 5. The van der Waals surface area contributed by atoms with Gasteiger partial charge in [0.2, 0.25) is 5.95 Å². The SMILES string of the molecule is CC(C)(C)c1cc(C(C)(C)C)c2c(c1)c1cc(-n3c4ccccc4c4cc(C#N)ccc43)ccc1n2-c1nc(-c2cccc(-c3ccccc3)c2)nc(-c2cccc(S(c3ccccc3)(c3ccccc3)c3ccccc3)c2)n1. The van der Waals surface area contributed by atoms with Gasteiger partial charge in [0.15, 0.2) is 11.6 Å². The van der Waals surface area contributed by atoms with Gasteiger partial charge < -0.3 is 4.57 Å². The minimum absolute atomic E-state index is 0.149. The highest BCUT2D eigenvalue weighted by Crippen LogP contribution is 2.73. The number of hydrogen-bond donors (Lipinski definition) is 0. The van der Waals surface area contributed by atoms with E-state index >= 15 is 0 Å². The molecule has 0 fully saturated rings. The van der Waals surface area contributed by atoms with E-state index in [0.29, 0.717) is 23.2 Å². The number of para-hydroxylation sites is 1. The summed E-state index contributed by atoms with van der Waals surface area (Å²) < 4.78 is 4.64. The molecule has 13 rings (SSSR count). The van der Waals surface area contributed by atoms with Crippen LogP contribution in [0, 0.1) is 11.3 Å². The summed E-state index contributed by atoms with van der Waals surface area (Å²) in [5.41, 5.74) is 11.8. The van der Waals surface area contributed by atoms with Crippen LogP contribution in [0.5, 0.6) is 0 Å². The van der Waals surface area contributed by atoms with Crippen LogP contribution in [-0.4, -0.2) is 24.1 Å². The molecule has 0 N–H and O–H groups in total. The molecule has 0 unspecified atom stereocenters. The summed E-state index contributed by atoms with van der Waals surface area (Å²) in [5, 5.41) is 14.3. The van der Waals surface area contributed by atoms with Crippen LogP contribution in [0.1, 0.15) is 58.2 Å². The fourth-order valence-corrected chi connectivity index (χ4v) is 15.4. The number of hydrogen-bond acceptors (Lipinski definition) is 4. The number of benzene rings is 10. The third kappa shape index (κ3) is 8.48. The van der Waals surface area contributed by atoms with E-state index in [4.69, 9.17) is 15.0 Å². The Morgan fingerprint density at radius 1 is 0.380 bits per heavy atom. The summed E-state index contributed by atoms with van der Waals surface area (Å²) in [6, 6.07) is 89.3. The Morgan fingerprint density at radius 2 is 0.886 bits per heavy atom. The van der Waals surface area contributed by atoms with Crippen LogP contribution in [0.3, 0.4) is 0 Å². The molecule has 10 aromatic carbocycles. The predicted molar refractivity (Wildman–Crippen MR) is 327 cm³/mol. The lowest BCUT2D eigenvalue weighted by molar-refractivity contribution is 0.572. The minimum atomic E-state index is -2.04. The molecule has 0 spiro atoms. The van der Waals surface area contributed by atoms with Crippen molar-refractivity contribution in [3.63, 3.8) is 0 Å². The fourth-order valence-electron chi connectivity index (χ4n) is 11.5. The summed E-state index contributed by atoms with van der Waals surface area (Å²) in [6.45, 7) is 13.8. The van der Waals surface area contributed by atoms with Crippen LogP contribution in [0.25, 0.3) is 89.2 Å². The molecule has 0 aliphatic heterocycles. The van der Waals surface area contributed by atoms with E-state index in [1.165, 1.54) is 30.7 Å². The van der Waals surface area contributed by atoms with Crippen LogP contribution in [0.4, 0.5) is 0 Å². The minimum Gasteiger partial charge on any atom is -0.309 e. The van der Waals surface area contributed by atoms with Gasteiger partial charge in [-0.25, -0.2) is 4.98 Å². The van der Waals surface area contributed by atoms with Gasteiger partial charge in [-0.2, -0.15) is 15.2 Å². The quantitative estimate of drug-likeness (QED) is 0.144. The van der Waals surface area contributed by atoms with E-state index in [-0.39, 0.29) is 10.8 Å². The van der Waals surface area contributed by atoms with Crippen molar-refractivity contribution in [1.82, 2.24) is 24.1 Å². The lowest BCUT2D eigenvalue weighted by Crippen LogP contribution is -2.18. The van der Waals surface area contributed by atoms with E-state index in [9.17, 15) is 5.26 Å². The molecule has 0 radical (unpaired) electrons. The molecule has 13 aromatic rings. The smallest absolute Gasteiger partial charge is 0.238 e. The lowest BCUT2D eigenvalue weighted by Gasteiger charge is -2.42. The molecule has 79 heavy (non-hydrogen) atoms. The zero-order valence-corrected chi connectivity index (χ0v) is 46.0. The second kappa shape index (κ2) is 19.3. The fraction of sp³-hybridized carbons (Fsp3) is 0.111. The van der Waals surface area contributed by atoms with Gasteiger partial charge in [-0.15, -0.1) is 10.0 Å². The summed E-state index contributed by atoms with van der Waals surface area (Å²) in [6.07, 6.45) is 0. The Kier molecular flexibility index (Phi) is 12.0. The van der Waals surface area contributed by atoms with Crippen LogP contribution in [0.15, 0.2) is 262 Å². The Hall–Kier alpha value is -9.35. The van der Waals surface area contributed by atoms with Crippen molar-refractivity contribution >= 4 is 53.6 Å². The molecular weight excluding hydrogens is 981 g/mol. The molecular formula is C72H58N6S. The Balaban J connectivity index is 1.11. The zero-order valence-electron chi connectivity index (χ0n) is 45.2. The first-order chi connectivity index (χ1) is 38.4. The maximum absolute atomic E-state index is 9.99. The molecule has 0 aliphatic carbocycles. The van der Waals surface area contributed by atoms with Gasteiger partial charge in [0.25, 0.3) is 0 Å². The van der Waals surface area contributed by atoms with Crippen LogP contribution >= 0.6 is 10.0 Å². The monoisotopic (exact) mass is 1040 g/mol. The Bertz CT molecular complexity index is 4400. The van der Waals surface area contributed by atoms with E-state index in [1.54, 1.807) is 0 Å². The van der Waals surface area contributed by atoms with E-state index < -0.39 is 10.0 Å². The first-order valence-corrected chi connectivity index (χ1v) is 28.6. The van der Waals surface area contributed by atoms with Gasteiger partial charge in [0.1, 0.15) is 0 Å². The van der Waals surface area contributed by atoms with Crippen molar-refractivity contribution in [3.8, 4) is 51.6 Å². The van der Waals surface area contributed by atoms with Crippen molar-refractivity contribution in [3.05, 3.63) is 259 Å². The van der Waals surface area contributed by atoms with Crippen LogP contribution < -0.4 is 0 Å². The second-order valence-electron chi connectivity index (χ2n) is 22.5. The molecule has 382 valence electrons. The summed E-state index contributed by atoms with van der Waals surface area (Å²) in [4.78, 5) is 21.7. The zero-order chi connectivity index (χ0) is 54.0. The van der Waals surface area contributed by atoms with Gasteiger partial charge in [0.05, 0.1) is 33.7 Å². The van der Waals surface area contributed by atoms with Crippen LogP contribution in [0.2, 0.25) is 0 Å². The van der Waals surface area contributed by atoms with Crippen LogP contribution in [-0.2, 0) is 10.8 Å². The maximum atomic E-state index is 9.99. The summed E-state index contributed by atoms with van der Waals surface area (Å²) in [7, 11) is -2.04. The van der Waals surface area contributed by atoms with Crippen molar-refractivity contribution in [2.45, 2.75) is 72.0 Å². The molecule has 3 aromatic heterocycles. The van der Waals surface area contributed by atoms with Gasteiger partial charge in [-0.3, -0.25) is 4.57 Å². The van der Waals surface area contributed by atoms with E-state index in [0.717, 1.165) is 71.6 Å². The lowest BCUT2D eigenvalue weighted by atomic mass is 9.79. The Labute approximate surface area is 463 Å². The topological polar surface area (TPSA) is 72.3 Å². The third-order valence-corrected chi connectivity index (χ3v) is 19.3. The normalized spacial score (nSPS) is 12.4. The van der Waals surface area contributed by atoms with Crippen molar-refractivity contribution in [1.29, 1.82) is 5.26 Å². The number of nitriles is 1. The highest BCUT2D eigenvalue weighted by atomic mass is 32.3. The Morgan fingerprint density at radius 3 is 1.51 bits per heavy atom. The molecule has 0 atom stereocenters. The predicted octanol–water partition coefficient (Wildman–Crippen LogP) is 18.9. The summed E-state index contributed by atoms with van der Waals surface area (Å²) >= 11 is 0. The average Bonchev–Trinajstić information content (AvgIpc) is 4.12. The van der Waals surface area contributed by atoms with Crippen molar-refractivity contribution in [2.75, 3.05) is 0 Å². The maximum Gasteiger partial charge on any atom is 0.238 e. The largest absolute Gasteiger partial charge is 0.309 e. The van der Waals surface area contributed by atoms with Gasteiger partial charge in [-0.05, 0) is 136 Å². The first-order valence-electron chi connectivity index (χ1n) is 27.0. The molecule has 3 heterocycles. The molecule has 0 amide bonds. The summed E-state index contributed by atoms with van der Waals surface area (Å²) in [5.74, 6) is 1.69. The average molecular weight is 1040 g/mol. The molecule has 0 saturated carbocycles. The molecule has 6 nitrogen and oxygen atoms in total. The molecule has 0 saturated heterocycles. The number of fused-ring (bicyclic) bond motifs is 6. The molecule has 0 aliphatic rings.